The minimum Gasteiger partial charge on any atom is -0.378 e. The van der Waals surface area contributed by atoms with E-state index in [1.807, 2.05) is 30.6 Å². The van der Waals surface area contributed by atoms with Gasteiger partial charge in [0.25, 0.3) is 5.91 Å². The molecule has 2 aromatic rings. The van der Waals surface area contributed by atoms with Crippen LogP contribution in [0.2, 0.25) is 0 Å². The van der Waals surface area contributed by atoms with E-state index >= 15 is 0 Å². The Kier molecular flexibility index (Phi) is 5.83. The largest absolute Gasteiger partial charge is 0.378 e. The first kappa shape index (κ1) is 18.0. The van der Waals surface area contributed by atoms with Crippen molar-refractivity contribution in [3.63, 3.8) is 0 Å². The molecule has 0 unspecified atom stereocenters. The fourth-order valence-electron chi connectivity index (χ4n) is 3.36. The Morgan fingerprint density at radius 3 is 2.88 bits per heavy atom. The Balaban J connectivity index is 1.51. The zero-order valence-electron chi connectivity index (χ0n) is 14.8. The second kappa shape index (κ2) is 8.08. The van der Waals surface area contributed by atoms with Gasteiger partial charge in [0.15, 0.2) is 6.10 Å². The number of rotatable bonds is 6. The molecule has 0 saturated carbocycles. The first-order valence-corrected chi connectivity index (χ1v) is 9.52. The summed E-state index contributed by atoms with van der Waals surface area (Å²) < 4.78 is 0. The fraction of sp³-hybridized carbons (Fsp3) is 0.474. The number of likely N-dealkylation sites (tertiary alicyclic amines) is 1. The number of aliphatic hydroxyl groups is 1. The molecule has 5 nitrogen and oxygen atoms in total. The minimum atomic E-state index is -1.06. The Hall–Kier alpha value is -1.76. The van der Waals surface area contributed by atoms with Gasteiger partial charge in [0, 0.05) is 31.1 Å². The number of aromatic nitrogens is 1. The molecule has 2 heterocycles. The van der Waals surface area contributed by atoms with Gasteiger partial charge in [-0.1, -0.05) is 30.3 Å². The highest BCUT2D eigenvalue weighted by Gasteiger charge is 2.31. The van der Waals surface area contributed by atoms with E-state index in [1.165, 1.54) is 4.88 Å². The summed E-state index contributed by atoms with van der Waals surface area (Å²) in [7, 11) is 2.11. The van der Waals surface area contributed by atoms with E-state index in [-0.39, 0.29) is 5.91 Å². The highest BCUT2D eigenvalue weighted by atomic mass is 32.1. The standard InChI is InChI=1S/C19H25N3O2S/c1-14-17(25-13-20-14)12-21(2)10-15-8-9-22(11-15)19(24)18(23)16-6-4-3-5-7-16/h3-7,13,15,18,23H,8-12H2,1-2H3/t15-,18-/m0/s1. The first-order valence-electron chi connectivity index (χ1n) is 8.64. The lowest BCUT2D eigenvalue weighted by Crippen LogP contribution is -2.34. The summed E-state index contributed by atoms with van der Waals surface area (Å²) >= 11 is 1.69. The van der Waals surface area contributed by atoms with Crippen molar-refractivity contribution in [2.75, 3.05) is 26.7 Å². The Labute approximate surface area is 152 Å². The SMILES string of the molecule is Cc1ncsc1CN(C)C[C@@H]1CCN(C(=O)[C@@H](O)c2ccccc2)C1. The summed E-state index contributed by atoms with van der Waals surface area (Å²) in [6.45, 7) is 5.33. The zero-order chi connectivity index (χ0) is 17.8. The van der Waals surface area contributed by atoms with Crippen molar-refractivity contribution in [2.24, 2.45) is 5.92 Å². The summed E-state index contributed by atoms with van der Waals surface area (Å²) in [6, 6.07) is 9.15. The molecule has 0 bridgehead atoms. The van der Waals surface area contributed by atoms with Gasteiger partial charge in [0.1, 0.15) is 0 Å². The second-order valence-corrected chi connectivity index (χ2v) is 7.75. The molecule has 1 fully saturated rings. The van der Waals surface area contributed by atoms with E-state index in [2.05, 4.69) is 16.9 Å². The van der Waals surface area contributed by atoms with Crippen molar-refractivity contribution < 1.29 is 9.90 Å². The fourth-order valence-corrected chi connectivity index (χ4v) is 4.22. The van der Waals surface area contributed by atoms with Gasteiger partial charge in [-0.15, -0.1) is 11.3 Å². The number of aliphatic hydroxyl groups excluding tert-OH is 1. The van der Waals surface area contributed by atoms with Gasteiger partial charge < -0.3 is 14.9 Å². The second-order valence-electron chi connectivity index (χ2n) is 6.81. The third-order valence-corrected chi connectivity index (χ3v) is 5.69. The molecule has 6 heteroatoms. The highest BCUT2D eigenvalue weighted by molar-refractivity contribution is 7.09. The maximum Gasteiger partial charge on any atom is 0.256 e. The maximum absolute atomic E-state index is 12.5. The lowest BCUT2D eigenvalue weighted by atomic mass is 10.1. The van der Waals surface area contributed by atoms with Crippen LogP contribution in [0.3, 0.4) is 0 Å². The first-order chi connectivity index (χ1) is 12.0. The Morgan fingerprint density at radius 1 is 1.44 bits per heavy atom. The van der Waals surface area contributed by atoms with Crippen molar-refractivity contribution in [2.45, 2.75) is 26.0 Å². The molecule has 1 aromatic carbocycles. The van der Waals surface area contributed by atoms with Crippen LogP contribution in [0, 0.1) is 12.8 Å². The highest BCUT2D eigenvalue weighted by Crippen LogP contribution is 2.23. The van der Waals surface area contributed by atoms with Gasteiger partial charge in [0.2, 0.25) is 0 Å². The molecule has 1 aromatic heterocycles. The summed E-state index contributed by atoms with van der Waals surface area (Å²) in [6.07, 6.45) is -0.0725. The molecule has 1 saturated heterocycles. The van der Waals surface area contributed by atoms with E-state index < -0.39 is 6.10 Å². The van der Waals surface area contributed by atoms with Crippen molar-refractivity contribution in [3.8, 4) is 0 Å². The van der Waals surface area contributed by atoms with Crippen molar-refractivity contribution in [1.82, 2.24) is 14.8 Å². The Morgan fingerprint density at radius 2 is 2.20 bits per heavy atom. The predicted octanol–water partition coefficient (Wildman–Crippen LogP) is 2.47. The number of hydrogen-bond acceptors (Lipinski definition) is 5. The van der Waals surface area contributed by atoms with Crippen LogP contribution in [-0.2, 0) is 11.3 Å². The average molecular weight is 359 g/mol. The molecule has 1 aliphatic rings. The molecule has 1 amide bonds. The van der Waals surface area contributed by atoms with E-state index in [1.54, 1.807) is 28.4 Å². The van der Waals surface area contributed by atoms with Crippen LogP contribution in [-0.4, -0.2) is 52.5 Å². The summed E-state index contributed by atoms with van der Waals surface area (Å²) in [5.41, 5.74) is 3.65. The molecule has 1 aliphatic heterocycles. The van der Waals surface area contributed by atoms with Gasteiger partial charge in [0.05, 0.1) is 11.2 Å². The van der Waals surface area contributed by atoms with Crippen LogP contribution in [0.25, 0.3) is 0 Å². The molecule has 134 valence electrons. The summed E-state index contributed by atoms with van der Waals surface area (Å²) in [5, 5.41) is 10.3. The lowest BCUT2D eigenvalue weighted by Gasteiger charge is -2.22. The molecular formula is C19H25N3O2S. The van der Waals surface area contributed by atoms with E-state index in [0.717, 1.165) is 38.3 Å². The smallest absolute Gasteiger partial charge is 0.256 e. The number of carbonyl (C=O) groups is 1. The minimum absolute atomic E-state index is 0.186. The van der Waals surface area contributed by atoms with Crippen LogP contribution in [0.5, 0.6) is 0 Å². The quantitative estimate of drug-likeness (QED) is 0.861. The van der Waals surface area contributed by atoms with Gasteiger partial charge in [-0.3, -0.25) is 4.79 Å². The molecule has 25 heavy (non-hydrogen) atoms. The molecule has 0 radical (unpaired) electrons. The van der Waals surface area contributed by atoms with E-state index in [4.69, 9.17) is 0 Å². The van der Waals surface area contributed by atoms with Crippen LogP contribution < -0.4 is 0 Å². The third kappa shape index (κ3) is 4.45. The van der Waals surface area contributed by atoms with Crippen LogP contribution >= 0.6 is 11.3 Å². The summed E-state index contributed by atoms with van der Waals surface area (Å²) in [5.74, 6) is 0.264. The predicted molar refractivity (Wildman–Crippen MR) is 99.3 cm³/mol. The van der Waals surface area contributed by atoms with E-state index in [0.29, 0.717) is 11.5 Å². The summed E-state index contributed by atoms with van der Waals surface area (Å²) in [4.78, 5) is 22.2. The number of nitrogens with zero attached hydrogens (tertiary/aromatic N) is 3. The normalized spacial score (nSPS) is 18.7. The maximum atomic E-state index is 12.5. The van der Waals surface area contributed by atoms with Crippen molar-refractivity contribution in [3.05, 3.63) is 52.0 Å². The third-order valence-electron chi connectivity index (χ3n) is 4.78. The molecule has 2 atom stereocenters. The van der Waals surface area contributed by atoms with Gasteiger partial charge in [-0.05, 0) is 31.9 Å². The van der Waals surface area contributed by atoms with Crippen LogP contribution in [0.1, 0.15) is 28.7 Å². The van der Waals surface area contributed by atoms with Gasteiger partial charge in [-0.25, -0.2) is 4.98 Å². The average Bonchev–Trinajstić information content (AvgIpc) is 3.24. The van der Waals surface area contributed by atoms with Gasteiger partial charge in [-0.2, -0.15) is 0 Å². The molecule has 3 rings (SSSR count). The number of carbonyl (C=O) groups excluding carboxylic acids is 1. The van der Waals surface area contributed by atoms with Crippen molar-refractivity contribution >= 4 is 17.2 Å². The van der Waals surface area contributed by atoms with Gasteiger partial charge >= 0.3 is 0 Å². The van der Waals surface area contributed by atoms with Crippen LogP contribution in [0.15, 0.2) is 35.8 Å². The van der Waals surface area contributed by atoms with Crippen molar-refractivity contribution in [1.29, 1.82) is 0 Å². The number of thiazole rings is 1. The number of amides is 1. The zero-order valence-corrected chi connectivity index (χ0v) is 15.6. The van der Waals surface area contributed by atoms with E-state index in [9.17, 15) is 9.90 Å². The number of aryl methyl sites for hydroxylation is 1. The monoisotopic (exact) mass is 359 g/mol. The lowest BCUT2D eigenvalue weighted by molar-refractivity contribution is -0.139. The molecule has 0 spiro atoms. The number of benzene rings is 1. The Bertz CT molecular complexity index is 704. The molecular weight excluding hydrogens is 334 g/mol. The molecule has 1 N–H and O–H groups in total. The van der Waals surface area contributed by atoms with Crippen LogP contribution in [0.4, 0.5) is 0 Å². The molecule has 0 aliphatic carbocycles. The topological polar surface area (TPSA) is 56.7 Å². The number of hydrogen-bond donors (Lipinski definition) is 1.